The smallest absolute Gasteiger partial charge is 0.119 e. The van der Waals surface area contributed by atoms with E-state index < -0.39 is 0 Å². The SMILES string of the molecule is C=C1CC=C(F)C=C(C2NCC3CC32)C1OC. The number of hydrogen-bond donors (Lipinski definition) is 1. The minimum Gasteiger partial charge on any atom is -0.373 e. The van der Waals surface area contributed by atoms with E-state index in [-0.39, 0.29) is 18.0 Å². The predicted molar refractivity (Wildman–Crippen MR) is 65.2 cm³/mol. The van der Waals surface area contributed by atoms with Gasteiger partial charge in [0.25, 0.3) is 0 Å². The van der Waals surface area contributed by atoms with E-state index in [2.05, 4.69) is 11.9 Å². The first-order valence-electron chi connectivity index (χ1n) is 6.21. The molecule has 17 heavy (non-hydrogen) atoms. The Morgan fingerprint density at radius 3 is 2.94 bits per heavy atom. The molecule has 2 fully saturated rings. The summed E-state index contributed by atoms with van der Waals surface area (Å²) >= 11 is 0. The van der Waals surface area contributed by atoms with Crippen molar-refractivity contribution in [3.8, 4) is 0 Å². The van der Waals surface area contributed by atoms with Crippen molar-refractivity contribution in [3.05, 3.63) is 35.7 Å². The first-order chi connectivity index (χ1) is 8.20. The van der Waals surface area contributed by atoms with Gasteiger partial charge in [-0.2, -0.15) is 0 Å². The monoisotopic (exact) mass is 235 g/mol. The molecule has 1 heterocycles. The second-order valence-corrected chi connectivity index (χ2v) is 5.26. The lowest BCUT2D eigenvalue weighted by Crippen LogP contribution is -2.34. The fraction of sp³-hybridized carbons (Fsp3) is 0.571. The standard InChI is InChI=1S/C14H18FNO/c1-8-3-4-10(15)6-12(14(8)17-2)13-11-5-9(11)7-16-13/h4,6,9,11,13-14,16H,1,3,5,7H2,2H3. The van der Waals surface area contributed by atoms with Gasteiger partial charge < -0.3 is 10.1 Å². The highest BCUT2D eigenvalue weighted by molar-refractivity contribution is 5.38. The van der Waals surface area contributed by atoms with Crippen LogP contribution >= 0.6 is 0 Å². The molecule has 0 spiro atoms. The van der Waals surface area contributed by atoms with Crippen molar-refractivity contribution in [1.82, 2.24) is 5.32 Å². The number of ether oxygens (including phenoxy) is 1. The summed E-state index contributed by atoms with van der Waals surface area (Å²) in [5.41, 5.74) is 1.96. The van der Waals surface area contributed by atoms with Gasteiger partial charge in [0.1, 0.15) is 11.9 Å². The first-order valence-corrected chi connectivity index (χ1v) is 6.21. The van der Waals surface area contributed by atoms with Gasteiger partial charge in [-0.1, -0.05) is 6.58 Å². The molecule has 1 saturated carbocycles. The highest BCUT2D eigenvalue weighted by atomic mass is 19.1. The van der Waals surface area contributed by atoms with E-state index in [1.807, 2.05) is 0 Å². The molecule has 1 aliphatic heterocycles. The number of piperidine rings is 1. The van der Waals surface area contributed by atoms with Crippen LogP contribution < -0.4 is 5.32 Å². The molecule has 4 unspecified atom stereocenters. The summed E-state index contributed by atoms with van der Waals surface area (Å²) in [5, 5.41) is 3.48. The van der Waals surface area contributed by atoms with Crippen molar-refractivity contribution in [2.24, 2.45) is 11.8 Å². The molecule has 1 saturated heterocycles. The fourth-order valence-electron chi connectivity index (χ4n) is 3.13. The molecule has 3 rings (SSSR count). The quantitative estimate of drug-likeness (QED) is 0.742. The van der Waals surface area contributed by atoms with Crippen LogP contribution in [0.25, 0.3) is 0 Å². The zero-order valence-corrected chi connectivity index (χ0v) is 10.1. The lowest BCUT2D eigenvalue weighted by Gasteiger charge is -2.25. The second kappa shape index (κ2) is 4.07. The van der Waals surface area contributed by atoms with Crippen molar-refractivity contribution in [1.29, 1.82) is 0 Å². The summed E-state index contributed by atoms with van der Waals surface area (Å²) in [7, 11) is 1.67. The maximum atomic E-state index is 13.6. The second-order valence-electron chi connectivity index (χ2n) is 5.26. The van der Waals surface area contributed by atoms with Crippen LogP contribution in [0.5, 0.6) is 0 Å². The van der Waals surface area contributed by atoms with Crippen LogP contribution in [-0.4, -0.2) is 25.8 Å². The average Bonchev–Trinajstić information content (AvgIpc) is 3.00. The van der Waals surface area contributed by atoms with E-state index in [0.29, 0.717) is 12.3 Å². The molecule has 3 aliphatic rings. The summed E-state index contributed by atoms with van der Waals surface area (Å²) in [6, 6.07) is 0.277. The fourth-order valence-corrected chi connectivity index (χ4v) is 3.13. The van der Waals surface area contributed by atoms with Gasteiger partial charge in [-0.25, -0.2) is 4.39 Å². The Balaban J connectivity index is 1.92. The maximum absolute atomic E-state index is 13.6. The molecule has 92 valence electrons. The van der Waals surface area contributed by atoms with Crippen LogP contribution in [0.3, 0.4) is 0 Å². The van der Waals surface area contributed by atoms with Crippen LogP contribution in [0, 0.1) is 11.8 Å². The number of nitrogens with one attached hydrogen (secondary N) is 1. The van der Waals surface area contributed by atoms with Gasteiger partial charge in [-0.05, 0) is 54.5 Å². The Morgan fingerprint density at radius 1 is 1.53 bits per heavy atom. The molecule has 4 atom stereocenters. The molecule has 0 bridgehead atoms. The third-order valence-electron chi connectivity index (χ3n) is 4.14. The van der Waals surface area contributed by atoms with Gasteiger partial charge in [0, 0.05) is 13.2 Å². The number of methoxy groups -OCH3 is 1. The summed E-state index contributed by atoms with van der Waals surface area (Å²) in [6.07, 6.45) is 4.91. The summed E-state index contributed by atoms with van der Waals surface area (Å²) in [5.74, 6) is 1.31. The van der Waals surface area contributed by atoms with Gasteiger partial charge >= 0.3 is 0 Å². The van der Waals surface area contributed by atoms with E-state index in [1.54, 1.807) is 19.3 Å². The Morgan fingerprint density at radius 2 is 2.35 bits per heavy atom. The summed E-state index contributed by atoms with van der Waals surface area (Å²) in [6.45, 7) is 5.07. The summed E-state index contributed by atoms with van der Waals surface area (Å²) in [4.78, 5) is 0. The van der Waals surface area contributed by atoms with E-state index in [9.17, 15) is 4.39 Å². The number of rotatable bonds is 2. The van der Waals surface area contributed by atoms with Gasteiger partial charge in [0.15, 0.2) is 0 Å². The number of hydrogen-bond acceptors (Lipinski definition) is 2. The maximum Gasteiger partial charge on any atom is 0.119 e. The minimum absolute atomic E-state index is 0.142. The van der Waals surface area contributed by atoms with Crippen molar-refractivity contribution >= 4 is 0 Å². The van der Waals surface area contributed by atoms with Crippen LogP contribution in [-0.2, 0) is 4.74 Å². The zero-order valence-electron chi connectivity index (χ0n) is 10.1. The number of halogens is 1. The lowest BCUT2D eigenvalue weighted by molar-refractivity contribution is 0.151. The molecule has 3 heteroatoms. The molecule has 0 aromatic heterocycles. The Hall–Kier alpha value is -0.930. The van der Waals surface area contributed by atoms with Gasteiger partial charge in [0.05, 0.1) is 0 Å². The minimum atomic E-state index is -0.161. The molecule has 0 radical (unpaired) electrons. The molecule has 2 aliphatic carbocycles. The first kappa shape index (κ1) is 11.2. The molecule has 0 aromatic carbocycles. The number of fused-ring (bicyclic) bond motifs is 1. The van der Waals surface area contributed by atoms with E-state index in [4.69, 9.17) is 4.74 Å². The van der Waals surface area contributed by atoms with E-state index in [0.717, 1.165) is 23.6 Å². The van der Waals surface area contributed by atoms with Crippen LogP contribution in [0.4, 0.5) is 4.39 Å². The van der Waals surface area contributed by atoms with Crippen LogP contribution in [0.1, 0.15) is 12.8 Å². The molecule has 1 N–H and O–H groups in total. The van der Waals surface area contributed by atoms with E-state index >= 15 is 0 Å². The molecule has 2 nitrogen and oxygen atoms in total. The Labute approximate surface area is 101 Å². The van der Waals surface area contributed by atoms with Gasteiger partial charge in [0.2, 0.25) is 0 Å². The van der Waals surface area contributed by atoms with Crippen molar-refractivity contribution < 1.29 is 9.13 Å². The molecular formula is C14H18FNO. The zero-order chi connectivity index (χ0) is 12.0. The molecule has 0 aromatic rings. The predicted octanol–water partition coefficient (Wildman–Crippen LogP) is 2.35. The third-order valence-corrected chi connectivity index (χ3v) is 4.14. The average molecular weight is 235 g/mol. The lowest BCUT2D eigenvalue weighted by atomic mass is 9.93. The van der Waals surface area contributed by atoms with Crippen LogP contribution in [0.15, 0.2) is 35.7 Å². The van der Waals surface area contributed by atoms with E-state index in [1.165, 1.54) is 6.42 Å². The highest BCUT2D eigenvalue weighted by Crippen LogP contribution is 2.48. The largest absolute Gasteiger partial charge is 0.373 e. The molecule has 0 amide bonds. The number of allylic oxidation sites excluding steroid dienone is 3. The highest BCUT2D eigenvalue weighted by Gasteiger charge is 2.50. The normalized spacial score (nSPS) is 40.5. The Kier molecular flexibility index (Phi) is 2.68. The third kappa shape index (κ3) is 1.87. The van der Waals surface area contributed by atoms with Crippen LogP contribution in [0.2, 0.25) is 0 Å². The van der Waals surface area contributed by atoms with Gasteiger partial charge in [-0.15, -0.1) is 0 Å². The topological polar surface area (TPSA) is 21.3 Å². The van der Waals surface area contributed by atoms with Gasteiger partial charge in [-0.3, -0.25) is 0 Å². The Bertz CT molecular complexity index is 412. The van der Waals surface area contributed by atoms with Crippen molar-refractivity contribution in [3.63, 3.8) is 0 Å². The van der Waals surface area contributed by atoms with Crippen molar-refractivity contribution in [2.45, 2.75) is 25.0 Å². The summed E-state index contributed by atoms with van der Waals surface area (Å²) < 4.78 is 19.1. The molecular weight excluding hydrogens is 217 g/mol. The van der Waals surface area contributed by atoms with Crippen molar-refractivity contribution in [2.75, 3.05) is 13.7 Å².